The highest BCUT2D eigenvalue weighted by Crippen LogP contribution is 2.16. The predicted octanol–water partition coefficient (Wildman–Crippen LogP) is 2.98. The molecule has 1 aromatic carbocycles. The Morgan fingerprint density at radius 3 is 2.09 bits per heavy atom. The van der Waals surface area contributed by atoms with Crippen LogP contribution in [0.1, 0.15) is 36.0 Å². The Morgan fingerprint density at radius 1 is 1.04 bits per heavy atom. The van der Waals surface area contributed by atoms with Crippen molar-refractivity contribution in [2.24, 2.45) is 0 Å². The van der Waals surface area contributed by atoms with Gasteiger partial charge in [0.25, 0.3) is 5.91 Å². The normalized spacial score (nSPS) is 17.7. The van der Waals surface area contributed by atoms with Gasteiger partial charge in [-0.3, -0.25) is 4.79 Å². The van der Waals surface area contributed by atoms with Crippen LogP contribution in [0.15, 0.2) is 24.3 Å². The number of hydrogen-bond donors (Lipinski definition) is 0. The lowest BCUT2D eigenvalue weighted by atomic mass is 10.2. The maximum atomic E-state index is 12.0. The number of hydrogen-bond acceptors (Lipinski definition) is 3. The van der Waals surface area contributed by atoms with Crippen LogP contribution in [0.4, 0.5) is 4.39 Å². The van der Waals surface area contributed by atoms with Crippen molar-refractivity contribution in [1.29, 1.82) is 0 Å². The largest absolute Gasteiger partial charge is 0.491 e. The highest BCUT2D eigenvalue weighted by molar-refractivity contribution is 5.94. The summed E-state index contributed by atoms with van der Waals surface area (Å²) < 4.78 is 17.0. The summed E-state index contributed by atoms with van der Waals surface area (Å²) in [6.07, 6.45) is 5.00. The van der Waals surface area contributed by atoms with Crippen LogP contribution in [0.25, 0.3) is 0 Å². The fourth-order valence-corrected chi connectivity index (χ4v) is 2.83. The number of benzene rings is 1. The summed E-state index contributed by atoms with van der Waals surface area (Å²) in [6, 6.07) is 6.88. The summed E-state index contributed by atoms with van der Waals surface area (Å²) in [4.78, 5) is 16.2. The fraction of sp³-hybridized carbons (Fsp3) is 0.611. The van der Waals surface area contributed by atoms with Crippen LogP contribution in [0.3, 0.4) is 0 Å². The summed E-state index contributed by atoms with van der Waals surface area (Å²) in [5.74, 6) is 0.667. The lowest BCUT2D eigenvalue weighted by Crippen LogP contribution is -2.27. The standard InChI is InChI=1S/C13H16FNO2.C5H11N/c14-7-10-17-12-5-3-11(4-6-12)13(16)15-8-1-2-9-15;1-6-4-2-3-5-6/h3-6H,1-2,7-10H2;2-5H2,1H3. The van der Waals surface area contributed by atoms with E-state index in [9.17, 15) is 9.18 Å². The Bertz CT molecular complexity index is 466. The number of nitrogens with zero attached hydrogens (tertiary/aromatic N) is 2. The van der Waals surface area contributed by atoms with Crippen molar-refractivity contribution in [2.75, 3.05) is 46.5 Å². The molecule has 1 aromatic rings. The first kappa shape index (κ1) is 17.7. The van der Waals surface area contributed by atoms with Gasteiger partial charge >= 0.3 is 0 Å². The number of amides is 1. The summed E-state index contributed by atoms with van der Waals surface area (Å²) in [7, 11) is 2.17. The molecule has 0 spiro atoms. The average molecular weight is 322 g/mol. The van der Waals surface area contributed by atoms with Crippen LogP contribution in [0.5, 0.6) is 5.75 Å². The number of alkyl halides is 1. The quantitative estimate of drug-likeness (QED) is 0.854. The van der Waals surface area contributed by atoms with Crippen LogP contribution in [-0.4, -0.2) is 62.2 Å². The molecule has 0 aromatic heterocycles. The number of carbonyl (C=O) groups is 1. The molecule has 2 heterocycles. The molecule has 5 heteroatoms. The van der Waals surface area contributed by atoms with E-state index in [0.717, 1.165) is 25.9 Å². The minimum absolute atomic E-state index is 0.0550. The molecule has 2 aliphatic heterocycles. The zero-order valence-corrected chi connectivity index (χ0v) is 14.0. The summed E-state index contributed by atoms with van der Waals surface area (Å²) in [5.41, 5.74) is 0.666. The Hall–Kier alpha value is -1.62. The smallest absolute Gasteiger partial charge is 0.253 e. The maximum Gasteiger partial charge on any atom is 0.253 e. The highest BCUT2D eigenvalue weighted by atomic mass is 19.1. The first-order valence-corrected chi connectivity index (χ1v) is 8.47. The molecule has 0 N–H and O–H groups in total. The van der Waals surface area contributed by atoms with Gasteiger partial charge in [-0.1, -0.05) is 0 Å². The van der Waals surface area contributed by atoms with E-state index in [0.29, 0.717) is 11.3 Å². The summed E-state index contributed by atoms with van der Waals surface area (Å²) in [5, 5.41) is 0. The molecule has 0 atom stereocenters. The second kappa shape index (κ2) is 9.50. The van der Waals surface area contributed by atoms with E-state index in [-0.39, 0.29) is 12.5 Å². The molecule has 23 heavy (non-hydrogen) atoms. The molecular weight excluding hydrogens is 295 g/mol. The Kier molecular flexibility index (Phi) is 7.33. The van der Waals surface area contributed by atoms with E-state index >= 15 is 0 Å². The molecule has 2 saturated heterocycles. The first-order chi connectivity index (χ1) is 11.2. The van der Waals surface area contributed by atoms with Crippen LogP contribution in [0, 0.1) is 0 Å². The highest BCUT2D eigenvalue weighted by Gasteiger charge is 2.19. The van der Waals surface area contributed by atoms with Gasteiger partial charge in [0.2, 0.25) is 0 Å². The zero-order valence-electron chi connectivity index (χ0n) is 14.0. The molecular formula is C18H27FN2O2. The molecule has 2 aliphatic rings. The van der Waals surface area contributed by atoms with Crippen molar-refractivity contribution < 1.29 is 13.9 Å². The Morgan fingerprint density at radius 2 is 1.61 bits per heavy atom. The van der Waals surface area contributed by atoms with E-state index < -0.39 is 6.67 Å². The summed E-state index contributed by atoms with van der Waals surface area (Å²) >= 11 is 0. The molecule has 1 amide bonds. The molecule has 2 fully saturated rings. The monoisotopic (exact) mass is 322 g/mol. The first-order valence-electron chi connectivity index (χ1n) is 8.47. The molecule has 0 unspecified atom stereocenters. The molecule has 128 valence electrons. The number of rotatable bonds is 4. The Labute approximate surface area is 138 Å². The van der Waals surface area contributed by atoms with Gasteiger partial charge in [0, 0.05) is 18.7 Å². The lowest BCUT2D eigenvalue weighted by Gasteiger charge is -2.15. The van der Waals surface area contributed by atoms with Crippen molar-refractivity contribution >= 4 is 5.91 Å². The van der Waals surface area contributed by atoms with E-state index in [1.54, 1.807) is 24.3 Å². The third-order valence-corrected chi connectivity index (χ3v) is 4.17. The molecule has 4 nitrogen and oxygen atoms in total. The molecule has 0 radical (unpaired) electrons. The van der Waals surface area contributed by atoms with Gasteiger partial charge in [0.05, 0.1) is 0 Å². The van der Waals surface area contributed by atoms with Crippen LogP contribution >= 0.6 is 0 Å². The second-order valence-corrected chi connectivity index (χ2v) is 6.07. The number of ether oxygens (including phenoxy) is 1. The molecule has 0 saturated carbocycles. The van der Waals surface area contributed by atoms with Crippen molar-refractivity contribution in [3.8, 4) is 5.75 Å². The van der Waals surface area contributed by atoms with Gasteiger partial charge in [0.15, 0.2) is 0 Å². The minimum Gasteiger partial charge on any atom is -0.491 e. The third-order valence-electron chi connectivity index (χ3n) is 4.17. The van der Waals surface area contributed by atoms with Crippen molar-refractivity contribution in [1.82, 2.24) is 9.80 Å². The van der Waals surface area contributed by atoms with Gasteiger partial charge in [-0.15, -0.1) is 0 Å². The molecule has 0 aliphatic carbocycles. The average Bonchev–Trinajstić information content (AvgIpc) is 3.27. The van der Waals surface area contributed by atoms with E-state index in [2.05, 4.69) is 11.9 Å². The molecule has 0 bridgehead atoms. The minimum atomic E-state index is -0.505. The van der Waals surface area contributed by atoms with Crippen LogP contribution < -0.4 is 4.74 Å². The second-order valence-electron chi connectivity index (χ2n) is 6.07. The topological polar surface area (TPSA) is 32.8 Å². The van der Waals surface area contributed by atoms with Crippen molar-refractivity contribution in [2.45, 2.75) is 25.7 Å². The number of halogens is 1. The zero-order chi connectivity index (χ0) is 16.5. The van der Waals surface area contributed by atoms with Gasteiger partial charge in [0.1, 0.15) is 19.0 Å². The van der Waals surface area contributed by atoms with Gasteiger partial charge < -0.3 is 14.5 Å². The van der Waals surface area contributed by atoms with Crippen LogP contribution in [0.2, 0.25) is 0 Å². The van der Waals surface area contributed by atoms with Gasteiger partial charge in [-0.25, -0.2) is 4.39 Å². The maximum absolute atomic E-state index is 12.0. The fourth-order valence-electron chi connectivity index (χ4n) is 2.83. The van der Waals surface area contributed by atoms with Gasteiger partial charge in [-0.05, 0) is 70.1 Å². The third kappa shape index (κ3) is 5.82. The Balaban J connectivity index is 0.000000268. The predicted molar refractivity (Wildman–Crippen MR) is 89.8 cm³/mol. The van der Waals surface area contributed by atoms with E-state index in [1.807, 2.05) is 4.90 Å². The van der Waals surface area contributed by atoms with Crippen molar-refractivity contribution in [3.05, 3.63) is 29.8 Å². The number of likely N-dealkylation sites (tertiary alicyclic amines) is 2. The summed E-state index contributed by atoms with van der Waals surface area (Å²) in [6.45, 7) is 3.88. The van der Waals surface area contributed by atoms with E-state index in [4.69, 9.17) is 4.74 Å². The van der Waals surface area contributed by atoms with Gasteiger partial charge in [-0.2, -0.15) is 0 Å². The van der Waals surface area contributed by atoms with Crippen molar-refractivity contribution in [3.63, 3.8) is 0 Å². The number of carbonyl (C=O) groups excluding carboxylic acids is 1. The van der Waals surface area contributed by atoms with E-state index in [1.165, 1.54) is 25.9 Å². The molecule has 3 rings (SSSR count). The SMILES string of the molecule is CN1CCCC1.O=C(c1ccc(OCCF)cc1)N1CCCC1. The van der Waals surface area contributed by atoms with Crippen LogP contribution in [-0.2, 0) is 0 Å². The lowest BCUT2D eigenvalue weighted by molar-refractivity contribution is 0.0793.